The molecule has 1 aliphatic rings. The van der Waals surface area contributed by atoms with Crippen LogP contribution in [-0.2, 0) is 14.3 Å². The molecule has 0 saturated heterocycles. The molecule has 15 heavy (non-hydrogen) atoms. The highest BCUT2D eigenvalue weighted by atomic mass is 16.5. The van der Waals surface area contributed by atoms with Gasteiger partial charge in [-0.1, -0.05) is 6.08 Å². The minimum Gasteiger partial charge on any atom is -0.478 e. The van der Waals surface area contributed by atoms with Crippen molar-refractivity contribution >= 4 is 11.9 Å². The van der Waals surface area contributed by atoms with Crippen LogP contribution in [-0.4, -0.2) is 30.2 Å². The Bertz CT molecular complexity index is 248. The SMILES string of the molecule is CCOCC(N)=O.O=C(O)C1=CCCC1. The second kappa shape index (κ2) is 7.99. The quantitative estimate of drug-likeness (QED) is 0.722. The lowest BCUT2D eigenvalue weighted by Gasteiger charge is -1.91. The van der Waals surface area contributed by atoms with Crippen LogP contribution in [0.15, 0.2) is 11.6 Å². The second-order valence-electron chi connectivity index (χ2n) is 3.03. The predicted molar refractivity (Wildman–Crippen MR) is 55.3 cm³/mol. The summed E-state index contributed by atoms with van der Waals surface area (Å²) >= 11 is 0. The summed E-state index contributed by atoms with van der Waals surface area (Å²) in [6.45, 7) is 2.39. The van der Waals surface area contributed by atoms with Crippen LogP contribution in [0.5, 0.6) is 0 Å². The molecule has 0 aliphatic heterocycles. The molecule has 5 nitrogen and oxygen atoms in total. The van der Waals surface area contributed by atoms with Crippen LogP contribution in [0.25, 0.3) is 0 Å². The Morgan fingerprint density at radius 3 is 2.47 bits per heavy atom. The number of carboxylic acid groups (broad SMARTS) is 1. The minimum absolute atomic E-state index is 0.0382. The van der Waals surface area contributed by atoms with Crippen molar-refractivity contribution in [3.63, 3.8) is 0 Å². The first-order valence-electron chi connectivity index (χ1n) is 4.86. The largest absolute Gasteiger partial charge is 0.478 e. The number of nitrogens with two attached hydrogens (primary N) is 1. The first-order chi connectivity index (χ1) is 7.07. The molecule has 0 radical (unpaired) electrons. The fraction of sp³-hybridized carbons (Fsp3) is 0.600. The molecule has 0 atom stereocenters. The monoisotopic (exact) mass is 215 g/mol. The van der Waals surface area contributed by atoms with Crippen molar-refractivity contribution in [2.45, 2.75) is 26.2 Å². The third-order valence-corrected chi connectivity index (χ3v) is 1.76. The van der Waals surface area contributed by atoms with Gasteiger partial charge in [0.1, 0.15) is 6.61 Å². The molecule has 86 valence electrons. The Hall–Kier alpha value is -1.36. The van der Waals surface area contributed by atoms with E-state index in [1.54, 1.807) is 6.08 Å². The molecule has 0 saturated carbocycles. The minimum atomic E-state index is -0.748. The van der Waals surface area contributed by atoms with E-state index < -0.39 is 11.9 Å². The Morgan fingerprint density at radius 2 is 2.27 bits per heavy atom. The number of hydrogen-bond donors (Lipinski definition) is 2. The highest BCUT2D eigenvalue weighted by Crippen LogP contribution is 2.16. The van der Waals surface area contributed by atoms with Gasteiger partial charge >= 0.3 is 5.97 Å². The van der Waals surface area contributed by atoms with Crippen LogP contribution in [0.3, 0.4) is 0 Å². The van der Waals surface area contributed by atoms with Crippen LogP contribution in [0.1, 0.15) is 26.2 Å². The lowest BCUT2D eigenvalue weighted by atomic mass is 10.2. The van der Waals surface area contributed by atoms with Crippen molar-refractivity contribution in [1.82, 2.24) is 0 Å². The summed E-state index contributed by atoms with van der Waals surface area (Å²) in [7, 11) is 0. The summed E-state index contributed by atoms with van der Waals surface area (Å²) in [5, 5.41) is 8.34. The van der Waals surface area contributed by atoms with Gasteiger partial charge in [-0.2, -0.15) is 0 Å². The molecule has 0 aromatic heterocycles. The zero-order chi connectivity index (χ0) is 11.7. The van der Waals surface area contributed by atoms with Gasteiger partial charge in [-0.25, -0.2) is 4.79 Å². The molecule has 0 unspecified atom stereocenters. The van der Waals surface area contributed by atoms with Gasteiger partial charge < -0.3 is 15.6 Å². The van der Waals surface area contributed by atoms with Crippen molar-refractivity contribution in [3.05, 3.63) is 11.6 Å². The predicted octanol–water partition coefficient (Wildman–Crippen LogP) is 0.689. The lowest BCUT2D eigenvalue weighted by Crippen LogP contribution is -2.17. The molecular weight excluding hydrogens is 198 g/mol. The Balaban J connectivity index is 0.000000265. The molecule has 0 spiro atoms. The Morgan fingerprint density at radius 1 is 1.60 bits per heavy atom. The van der Waals surface area contributed by atoms with Crippen LogP contribution in [0.2, 0.25) is 0 Å². The van der Waals surface area contributed by atoms with E-state index in [4.69, 9.17) is 10.8 Å². The number of aliphatic carboxylic acids is 1. The van der Waals surface area contributed by atoms with Crippen molar-refractivity contribution in [2.24, 2.45) is 5.73 Å². The van der Waals surface area contributed by atoms with Gasteiger partial charge in [0.05, 0.1) is 0 Å². The van der Waals surface area contributed by atoms with Gasteiger partial charge in [0, 0.05) is 12.2 Å². The van der Waals surface area contributed by atoms with Gasteiger partial charge in [-0.15, -0.1) is 0 Å². The van der Waals surface area contributed by atoms with Gasteiger partial charge in [-0.05, 0) is 26.2 Å². The number of rotatable bonds is 4. The molecule has 0 heterocycles. The molecule has 1 rings (SSSR count). The van der Waals surface area contributed by atoms with E-state index in [2.05, 4.69) is 4.74 Å². The normalized spacial score (nSPS) is 13.8. The van der Waals surface area contributed by atoms with Crippen molar-refractivity contribution < 1.29 is 19.4 Å². The summed E-state index contributed by atoms with van der Waals surface area (Å²) in [5.74, 6) is -1.16. The van der Waals surface area contributed by atoms with Gasteiger partial charge in [0.25, 0.3) is 0 Å². The fourth-order valence-electron chi connectivity index (χ4n) is 1.07. The van der Waals surface area contributed by atoms with Gasteiger partial charge in [0.2, 0.25) is 5.91 Å². The zero-order valence-electron chi connectivity index (χ0n) is 8.86. The number of amides is 1. The molecule has 1 aliphatic carbocycles. The average molecular weight is 215 g/mol. The average Bonchev–Trinajstić information content (AvgIpc) is 2.68. The molecule has 0 bridgehead atoms. The summed E-state index contributed by atoms with van der Waals surface area (Å²) in [6, 6.07) is 0. The maximum atomic E-state index is 10.1. The molecular formula is C10H17NO4. The van der Waals surface area contributed by atoms with Gasteiger partial charge in [0.15, 0.2) is 0 Å². The van der Waals surface area contributed by atoms with Crippen molar-refractivity contribution in [3.8, 4) is 0 Å². The van der Waals surface area contributed by atoms with Crippen LogP contribution >= 0.6 is 0 Å². The third kappa shape index (κ3) is 7.69. The Kier molecular flexibility index (Phi) is 7.27. The highest BCUT2D eigenvalue weighted by molar-refractivity contribution is 5.86. The Labute approximate surface area is 88.9 Å². The number of carbonyl (C=O) groups excluding carboxylic acids is 1. The third-order valence-electron chi connectivity index (χ3n) is 1.76. The standard InChI is InChI=1S/C6H8O2.C4H9NO2/c7-6(8)5-3-1-2-4-5;1-2-7-3-4(5)6/h3H,1-2,4H2,(H,7,8);2-3H2,1H3,(H2,5,6). The molecule has 1 amide bonds. The van der Waals surface area contributed by atoms with E-state index in [0.29, 0.717) is 12.2 Å². The summed E-state index contributed by atoms with van der Waals surface area (Å²) < 4.78 is 4.62. The summed E-state index contributed by atoms with van der Waals surface area (Å²) in [5.41, 5.74) is 5.30. The van der Waals surface area contributed by atoms with Crippen LogP contribution in [0, 0.1) is 0 Å². The van der Waals surface area contributed by atoms with E-state index in [-0.39, 0.29) is 6.61 Å². The first kappa shape index (κ1) is 13.6. The summed E-state index contributed by atoms with van der Waals surface area (Å²) in [4.78, 5) is 20.0. The molecule has 5 heteroatoms. The van der Waals surface area contributed by atoms with E-state index in [1.807, 2.05) is 6.92 Å². The molecule has 0 aromatic rings. The van der Waals surface area contributed by atoms with Gasteiger partial charge in [-0.3, -0.25) is 4.79 Å². The number of ether oxygens (including phenoxy) is 1. The first-order valence-corrected chi connectivity index (χ1v) is 4.86. The second-order valence-corrected chi connectivity index (χ2v) is 3.03. The van der Waals surface area contributed by atoms with Crippen molar-refractivity contribution in [1.29, 1.82) is 0 Å². The van der Waals surface area contributed by atoms with E-state index in [9.17, 15) is 9.59 Å². The molecule has 0 aromatic carbocycles. The van der Waals surface area contributed by atoms with Crippen LogP contribution < -0.4 is 5.73 Å². The number of carboxylic acids is 1. The number of carbonyl (C=O) groups is 2. The zero-order valence-corrected chi connectivity index (χ0v) is 8.86. The van der Waals surface area contributed by atoms with Crippen molar-refractivity contribution in [2.75, 3.05) is 13.2 Å². The van der Waals surface area contributed by atoms with E-state index in [1.165, 1.54) is 0 Å². The lowest BCUT2D eigenvalue weighted by molar-refractivity contribution is -0.132. The highest BCUT2D eigenvalue weighted by Gasteiger charge is 2.09. The summed E-state index contributed by atoms with van der Waals surface area (Å²) in [6.07, 6.45) is 4.51. The number of allylic oxidation sites excluding steroid dienone is 1. The molecule has 3 N–H and O–H groups in total. The van der Waals surface area contributed by atoms with E-state index >= 15 is 0 Å². The molecule has 0 fully saturated rings. The smallest absolute Gasteiger partial charge is 0.331 e. The topological polar surface area (TPSA) is 89.6 Å². The maximum Gasteiger partial charge on any atom is 0.331 e. The number of hydrogen-bond acceptors (Lipinski definition) is 3. The fourth-order valence-corrected chi connectivity index (χ4v) is 1.07. The van der Waals surface area contributed by atoms with E-state index in [0.717, 1.165) is 19.3 Å². The maximum absolute atomic E-state index is 10.1. The number of primary amides is 1. The van der Waals surface area contributed by atoms with Crippen LogP contribution in [0.4, 0.5) is 0 Å².